The number of hydrogen-bond acceptors (Lipinski definition) is 1. The summed E-state index contributed by atoms with van der Waals surface area (Å²) in [4.78, 5) is 9.87. The van der Waals surface area contributed by atoms with Crippen molar-refractivity contribution < 1.29 is 21.9 Å². The molecule has 0 atom stereocenters. The fourth-order valence-electron chi connectivity index (χ4n) is 0.818. The number of carbonyl (C=O) groups excluding carboxylic acids is 1. The first-order valence-corrected chi connectivity index (χ1v) is 4.66. The molecule has 1 nitrogen and oxygen atoms in total. The molecule has 0 heterocycles. The third-order valence-electron chi connectivity index (χ3n) is 1.45. The Kier molecular flexibility index (Phi) is 7.39. The van der Waals surface area contributed by atoms with Crippen LogP contribution in [0.4, 0.5) is 0 Å². The van der Waals surface area contributed by atoms with Crippen LogP contribution >= 0.6 is 15.9 Å². The Morgan fingerprint density at radius 1 is 1.14 bits per heavy atom. The van der Waals surface area contributed by atoms with Crippen molar-refractivity contribution in [2.45, 2.75) is 0 Å². The summed E-state index contributed by atoms with van der Waals surface area (Å²) in [7, 11) is 0. The van der Waals surface area contributed by atoms with Gasteiger partial charge in [-0.3, -0.25) is 0 Å². The van der Waals surface area contributed by atoms with Gasteiger partial charge >= 0.3 is 0 Å². The second-order valence-electron chi connectivity index (χ2n) is 2.44. The smallest absolute Gasteiger partial charge is 0.0949 e. The fourth-order valence-corrected chi connectivity index (χ4v) is 1.12. The molecule has 0 bridgehead atoms. The van der Waals surface area contributed by atoms with E-state index < -0.39 is 0 Å². The first-order chi connectivity index (χ1) is 6.33. The zero-order valence-electron chi connectivity index (χ0n) is 7.34. The topological polar surface area (TPSA) is 17.1 Å². The molecule has 2 aromatic rings. The molecule has 0 N–H and O–H groups in total. The minimum atomic E-state index is 0. The predicted molar refractivity (Wildman–Crippen MR) is 57.2 cm³/mol. The van der Waals surface area contributed by atoms with Gasteiger partial charge < -0.3 is 49.5 Å². The monoisotopic (exact) mass is 292 g/mol. The maximum atomic E-state index is 9.87. The summed E-state index contributed by atoms with van der Waals surface area (Å²) < 4.78 is 1.16. The predicted octanol–water partition coefficient (Wildman–Crippen LogP) is 3.38. The molecule has 0 aromatic heterocycles. The van der Waals surface area contributed by atoms with E-state index in [4.69, 9.17) is 0 Å². The molecule has 0 amide bonds. The molecule has 0 spiro atoms. The molecule has 0 aliphatic rings. The van der Waals surface area contributed by atoms with Crippen molar-refractivity contribution in [1.82, 2.24) is 0 Å². The van der Waals surface area contributed by atoms with Crippen LogP contribution in [-0.2, 0) is 17.1 Å². The van der Waals surface area contributed by atoms with E-state index in [0.29, 0.717) is 0 Å². The van der Waals surface area contributed by atoms with Gasteiger partial charge in [0.25, 0.3) is 0 Å². The molecule has 0 saturated carbocycles. The second kappa shape index (κ2) is 7.74. The van der Waals surface area contributed by atoms with E-state index in [-0.39, 0.29) is 17.1 Å². The molecule has 0 fully saturated rings. The Morgan fingerprint density at radius 2 is 1.64 bits per heavy atom. The molecule has 0 aliphatic heterocycles. The van der Waals surface area contributed by atoms with Gasteiger partial charge in [-0.15, -0.1) is 0 Å². The van der Waals surface area contributed by atoms with Gasteiger partial charge in [0.1, 0.15) is 0 Å². The van der Waals surface area contributed by atoms with E-state index in [2.05, 4.69) is 15.9 Å². The summed E-state index contributed by atoms with van der Waals surface area (Å²) in [6, 6.07) is 15.2. The molecule has 0 unspecified atom stereocenters. The van der Waals surface area contributed by atoms with Gasteiger partial charge in [0.15, 0.2) is 0 Å². The summed E-state index contributed by atoms with van der Waals surface area (Å²) >= 11 is 3.28. The molecule has 0 radical (unpaired) electrons. The van der Waals surface area contributed by atoms with Crippen molar-refractivity contribution in [3.8, 4) is 0 Å². The number of carbonyl (C=O) groups is 1. The number of rotatable bonds is 1. The quantitative estimate of drug-likeness (QED) is 0.447. The van der Waals surface area contributed by atoms with Crippen LogP contribution in [0.2, 0.25) is 0 Å². The molecule has 2 aromatic carbocycles. The van der Waals surface area contributed by atoms with Gasteiger partial charge in [0, 0.05) is 17.1 Å². The standard InChI is InChI=1S/C6H5O.C5H4Br.Fe/c7-5-6-3-1-2-4-6;6-5-3-1-2-4-5;/h1-5H;1-4H;/q-1;-5;. The van der Waals surface area contributed by atoms with Gasteiger partial charge in [0.05, 0.1) is 6.29 Å². The number of hydrogen-bond donors (Lipinski definition) is 0. The van der Waals surface area contributed by atoms with E-state index >= 15 is 0 Å². The van der Waals surface area contributed by atoms with E-state index in [9.17, 15) is 4.79 Å². The molecule has 14 heavy (non-hydrogen) atoms. The molecule has 80 valence electrons. The molecule has 2 rings (SSSR count). The van der Waals surface area contributed by atoms with Crippen LogP contribution in [0, 0.1) is 0 Å². The SMILES string of the molecule is Br[c-]1[cH-][cH-][cH-][cH-]1.O=C[c-]1cccc1.[Fe]. The van der Waals surface area contributed by atoms with Crippen molar-refractivity contribution in [3.63, 3.8) is 0 Å². The van der Waals surface area contributed by atoms with Crippen LogP contribution in [0.15, 0.2) is 53.0 Å². The van der Waals surface area contributed by atoms with Gasteiger partial charge in [-0.1, -0.05) is 5.56 Å². The Bertz CT molecular complexity index is 324. The Labute approximate surface area is 102 Å². The molecule has 0 saturated heterocycles. The summed E-state index contributed by atoms with van der Waals surface area (Å²) in [5.41, 5.74) is 0.750. The maximum absolute atomic E-state index is 9.87. The van der Waals surface area contributed by atoms with Crippen LogP contribution in [-0.4, -0.2) is 6.29 Å². The average molecular weight is 293 g/mol. The van der Waals surface area contributed by atoms with Gasteiger partial charge in [0.2, 0.25) is 0 Å². The van der Waals surface area contributed by atoms with Crippen molar-refractivity contribution in [3.05, 3.63) is 58.6 Å². The Hall–Kier alpha value is -0.631. The Balaban J connectivity index is 0.000000227. The summed E-state index contributed by atoms with van der Waals surface area (Å²) in [6.45, 7) is 0. The van der Waals surface area contributed by atoms with E-state index in [1.807, 2.05) is 36.4 Å². The zero-order chi connectivity index (χ0) is 9.52. The summed E-state index contributed by atoms with van der Waals surface area (Å²) in [5.74, 6) is 0. The summed E-state index contributed by atoms with van der Waals surface area (Å²) in [6.07, 6.45) is 0.833. The van der Waals surface area contributed by atoms with Gasteiger partial charge in [-0.05, 0) is 0 Å². The normalized spacial score (nSPS) is 8.07. The van der Waals surface area contributed by atoms with Crippen molar-refractivity contribution >= 4 is 22.2 Å². The van der Waals surface area contributed by atoms with E-state index in [1.54, 1.807) is 12.1 Å². The molecular formula is C11H9BrFeO-6. The first kappa shape index (κ1) is 13.4. The van der Waals surface area contributed by atoms with Crippen LogP contribution in [0.3, 0.4) is 0 Å². The van der Waals surface area contributed by atoms with E-state index in [1.165, 1.54) is 0 Å². The number of aldehydes is 1. The molecular weight excluding hydrogens is 284 g/mol. The third kappa shape index (κ3) is 5.18. The average Bonchev–Trinajstić information content (AvgIpc) is 2.76. The van der Waals surface area contributed by atoms with Crippen LogP contribution < -0.4 is 0 Å². The van der Waals surface area contributed by atoms with Gasteiger partial charge in [-0.25, -0.2) is 12.1 Å². The van der Waals surface area contributed by atoms with Crippen molar-refractivity contribution in [1.29, 1.82) is 0 Å². The van der Waals surface area contributed by atoms with Crippen molar-refractivity contribution in [2.24, 2.45) is 0 Å². The minimum absolute atomic E-state index is 0. The van der Waals surface area contributed by atoms with Crippen LogP contribution in [0.25, 0.3) is 0 Å². The maximum Gasteiger partial charge on any atom is 0.0949 e. The second-order valence-corrected chi connectivity index (χ2v) is 3.35. The summed E-state index contributed by atoms with van der Waals surface area (Å²) in [5, 5.41) is 0. The molecule has 3 heteroatoms. The van der Waals surface area contributed by atoms with Crippen molar-refractivity contribution in [2.75, 3.05) is 0 Å². The van der Waals surface area contributed by atoms with E-state index in [0.717, 1.165) is 16.3 Å². The minimum Gasteiger partial charge on any atom is -0.747 e. The fraction of sp³-hybridized carbons (Fsp3) is 0. The molecule has 0 aliphatic carbocycles. The third-order valence-corrected chi connectivity index (χ3v) is 1.98. The first-order valence-electron chi connectivity index (χ1n) is 3.87. The van der Waals surface area contributed by atoms with Crippen LogP contribution in [0.1, 0.15) is 10.4 Å². The number of halogens is 1. The van der Waals surface area contributed by atoms with Gasteiger partial charge in [-0.2, -0.15) is 12.1 Å². The van der Waals surface area contributed by atoms with Crippen LogP contribution in [0.5, 0.6) is 0 Å². The largest absolute Gasteiger partial charge is 0.747 e. The zero-order valence-corrected chi connectivity index (χ0v) is 10.0. The Morgan fingerprint density at radius 3 is 1.86 bits per heavy atom.